The van der Waals surface area contributed by atoms with Gasteiger partial charge in [0.15, 0.2) is 0 Å². The van der Waals surface area contributed by atoms with Crippen LogP contribution in [-0.2, 0) is 57.1 Å². The number of carbonyl (C=O) groups excluding carboxylic acids is 12. The normalized spacial score (nSPS) is 17.0. The van der Waals surface area contributed by atoms with Gasteiger partial charge in [0.25, 0.3) is 0 Å². The lowest BCUT2D eigenvalue weighted by Gasteiger charge is -2.09. The molecule has 0 amide bonds. The summed E-state index contributed by atoms with van der Waals surface area (Å²) in [6, 6.07) is 34.6. The van der Waals surface area contributed by atoms with E-state index in [2.05, 4.69) is 0 Å². The van der Waals surface area contributed by atoms with Crippen LogP contribution in [0.1, 0.15) is 186 Å². The zero-order valence-corrected chi connectivity index (χ0v) is 52.6. The Balaban J connectivity index is 0.816. The van der Waals surface area contributed by atoms with E-state index in [0.717, 1.165) is 0 Å². The molecule has 0 aliphatic carbocycles. The molecule has 6 aromatic rings. The van der Waals surface area contributed by atoms with Gasteiger partial charge in [-0.2, -0.15) is 0 Å². The second-order valence-electron chi connectivity index (χ2n) is 21.5. The summed E-state index contributed by atoms with van der Waals surface area (Å²) >= 11 is 0. The van der Waals surface area contributed by atoms with Gasteiger partial charge in [0.1, 0.15) is 23.0 Å². The van der Waals surface area contributed by atoms with Gasteiger partial charge in [-0.25, -0.2) is 38.4 Å². The number of rotatable bonds is 0. The maximum absolute atomic E-state index is 12.6. The second-order valence-corrected chi connectivity index (χ2v) is 21.5. The first-order chi connectivity index (χ1) is 46.6. The molecule has 16 rings (SSSR count). The Morgan fingerprint density at radius 3 is 0.438 bits per heavy atom. The first kappa shape index (κ1) is 72.4. The smallest absolute Gasteiger partial charge is 0.338 e. The molecule has 504 valence electrons. The van der Waals surface area contributed by atoms with Crippen LogP contribution in [0.2, 0.25) is 0 Å². The van der Waals surface area contributed by atoms with Crippen molar-refractivity contribution in [3.63, 3.8) is 0 Å². The van der Waals surface area contributed by atoms with E-state index >= 15 is 0 Å². The van der Waals surface area contributed by atoms with Gasteiger partial charge in [-0.05, 0) is 223 Å². The first-order valence-corrected chi connectivity index (χ1v) is 31.4. The summed E-state index contributed by atoms with van der Waals surface area (Å²) in [4.78, 5) is 151. The Hall–Kier alpha value is -11.0. The maximum Gasteiger partial charge on any atom is 0.338 e. The van der Waals surface area contributed by atoms with Crippen LogP contribution in [0, 0.1) is 0 Å². The Kier molecular flexibility index (Phi) is 29.8. The molecule has 0 spiro atoms. The van der Waals surface area contributed by atoms with Crippen molar-refractivity contribution in [2.45, 2.75) is 103 Å². The van der Waals surface area contributed by atoms with E-state index < -0.39 is 71.6 Å². The molecule has 12 bridgehead atoms. The summed E-state index contributed by atoms with van der Waals surface area (Å²) in [7, 11) is 0. The summed E-state index contributed by atoms with van der Waals surface area (Å²) < 4.78 is 64.1. The quantitative estimate of drug-likeness (QED) is 0.0775. The summed E-state index contributed by atoms with van der Waals surface area (Å²) in [6.45, 7) is 0.293. The summed E-state index contributed by atoms with van der Waals surface area (Å²) in [6.07, 6.45) is 4.57. The minimum absolute atomic E-state index is 0.0227. The van der Waals surface area contributed by atoms with Crippen molar-refractivity contribution in [1.29, 1.82) is 0 Å². The van der Waals surface area contributed by atoms with Crippen LogP contribution < -0.4 is 18.9 Å². The van der Waals surface area contributed by atoms with Gasteiger partial charge in [0.05, 0.1) is 97.4 Å². The molecule has 0 unspecified atom stereocenters. The van der Waals surface area contributed by atoms with Crippen LogP contribution in [0.4, 0.5) is 0 Å². The predicted molar refractivity (Wildman–Crippen MR) is 337 cm³/mol. The minimum Gasteiger partial charge on any atom is -0.462 e. The third-order valence-corrected chi connectivity index (χ3v) is 14.0. The molecule has 0 fully saturated rings. The number of hydrogen-bond acceptors (Lipinski definition) is 24. The third-order valence-electron chi connectivity index (χ3n) is 14.0. The molecule has 24 nitrogen and oxygen atoms in total. The van der Waals surface area contributed by atoms with Crippen molar-refractivity contribution in [2.75, 3.05) is 52.9 Å². The highest BCUT2D eigenvalue weighted by atomic mass is 16.6. The molecule has 24 heteroatoms. The van der Waals surface area contributed by atoms with Gasteiger partial charge in [0.2, 0.25) is 0 Å². The molecule has 96 heavy (non-hydrogen) atoms. The van der Waals surface area contributed by atoms with Crippen molar-refractivity contribution in [2.24, 2.45) is 0 Å². The van der Waals surface area contributed by atoms with Crippen molar-refractivity contribution in [3.8, 4) is 23.0 Å². The van der Waals surface area contributed by atoms with Crippen LogP contribution in [0.15, 0.2) is 146 Å². The molecule has 10 aliphatic heterocycles. The van der Waals surface area contributed by atoms with Gasteiger partial charge in [-0.3, -0.25) is 19.2 Å². The van der Waals surface area contributed by atoms with Crippen LogP contribution in [0.3, 0.4) is 0 Å². The van der Waals surface area contributed by atoms with Gasteiger partial charge >= 0.3 is 71.6 Å². The van der Waals surface area contributed by atoms with Gasteiger partial charge < -0.3 is 56.8 Å². The fourth-order valence-electron chi connectivity index (χ4n) is 8.73. The number of ether oxygens (including phenoxy) is 12. The number of benzene rings is 6. The van der Waals surface area contributed by atoms with Crippen molar-refractivity contribution in [1.82, 2.24) is 0 Å². The van der Waals surface area contributed by atoms with Crippen LogP contribution in [0.25, 0.3) is 0 Å². The standard InChI is InChI=1S/C72H72O24/c73-61-13-1-5-41-85-65(77)49-17-21-51(22-18-49)67(79)89-45-9-10-46-90-68(80)52-23-19-50(20-24-52)66(78)86-42-6-2-14-62(74)94-58-35-27-54(28-36-58)70(82)88-44-8-4-16-64(76)96-60-39-31-56(32-40-60)72(84)92-48-12-11-47-91-71(83)55-29-37-59(38-30-55)95-63(75)15-3-7-43-87-69(81)53-25-33-57(93-61)34-26-53/h17-40H,1-16,41-48H2. The predicted octanol–water partition coefficient (Wildman–Crippen LogP) is 11.3. The topological polar surface area (TPSA) is 316 Å². The third kappa shape index (κ3) is 25.8. The molecule has 10 heterocycles. The Morgan fingerprint density at radius 1 is 0.167 bits per heavy atom. The van der Waals surface area contributed by atoms with E-state index in [1.165, 1.54) is 146 Å². The number of carbonyl (C=O) groups is 12. The van der Waals surface area contributed by atoms with Gasteiger partial charge in [-0.15, -0.1) is 0 Å². The Morgan fingerprint density at radius 2 is 0.292 bits per heavy atom. The molecule has 6 aromatic carbocycles. The molecule has 0 N–H and O–H groups in total. The Labute approximate surface area is 552 Å². The molecule has 0 saturated carbocycles. The molecule has 0 radical (unpaired) electrons. The van der Waals surface area contributed by atoms with Gasteiger partial charge in [0, 0.05) is 25.7 Å². The SMILES string of the molecule is O=C1CCCCOC(=O)c2ccc(cc2)OC(=O)CCCCOC(=O)c2ccc(cc2)C(=O)OCCCCOC(=O)c2ccc(cc2)C(=O)OCCCCC(=O)Oc2ccc(cc2)C(=O)OCCCCC(=O)Oc2ccc(cc2)C(=O)OCCCCOC(=O)c2ccc(cc2)O1. The second kappa shape index (κ2) is 39.5. The van der Waals surface area contributed by atoms with Crippen molar-refractivity contribution < 1.29 is 114 Å². The number of esters is 12. The van der Waals surface area contributed by atoms with Crippen LogP contribution >= 0.6 is 0 Å². The highest BCUT2D eigenvalue weighted by molar-refractivity contribution is 5.95. The molecule has 0 saturated heterocycles. The van der Waals surface area contributed by atoms with Crippen LogP contribution in [0.5, 0.6) is 23.0 Å². The monoisotopic (exact) mass is 1320 g/mol. The van der Waals surface area contributed by atoms with E-state index in [1.807, 2.05) is 0 Å². The van der Waals surface area contributed by atoms with E-state index in [0.29, 0.717) is 77.0 Å². The summed E-state index contributed by atoms with van der Waals surface area (Å²) in [5, 5.41) is 0. The maximum atomic E-state index is 12.6. The summed E-state index contributed by atoms with van der Waals surface area (Å²) in [5.41, 5.74) is 1.71. The average Bonchev–Trinajstić information content (AvgIpc) is 1.41. The first-order valence-electron chi connectivity index (χ1n) is 31.4. The summed E-state index contributed by atoms with van der Waals surface area (Å²) in [5.74, 6) is -6.18. The van der Waals surface area contributed by atoms with E-state index in [1.54, 1.807) is 0 Å². The highest BCUT2D eigenvalue weighted by Crippen LogP contribution is 2.21. The van der Waals surface area contributed by atoms with E-state index in [9.17, 15) is 57.5 Å². The highest BCUT2D eigenvalue weighted by Gasteiger charge is 2.18. The molecular formula is C72H72O24. The zero-order chi connectivity index (χ0) is 68.3. The lowest BCUT2D eigenvalue weighted by Crippen LogP contribution is -2.11. The lowest BCUT2D eigenvalue weighted by atomic mass is 10.1. The van der Waals surface area contributed by atoms with Crippen molar-refractivity contribution >= 4 is 71.6 Å². The van der Waals surface area contributed by atoms with E-state index in [4.69, 9.17) is 56.8 Å². The molecule has 0 atom stereocenters. The van der Waals surface area contributed by atoms with Crippen molar-refractivity contribution in [3.05, 3.63) is 190 Å². The zero-order valence-electron chi connectivity index (χ0n) is 52.6. The molecule has 10 aliphatic rings. The number of hydrogen-bond donors (Lipinski definition) is 0. The Bertz CT molecular complexity index is 3360. The van der Waals surface area contributed by atoms with E-state index in [-0.39, 0.29) is 146 Å². The lowest BCUT2D eigenvalue weighted by molar-refractivity contribution is -0.135. The molecular weight excluding hydrogens is 1250 g/mol. The minimum atomic E-state index is -0.625. The van der Waals surface area contributed by atoms with Crippen LogP contribution in [-0.4, -0.2) is 124 Å². The molecule has 0 aromatic heterocycles. The largest absolute Gasteiger partial charge is 0.462 e. The fraction of sp³-hybridized carbons (Fsp3) is 0.333. The fourth-order valence-corrected chi connectivity index (χ4v) is 8.73. The van der Waals surface area contributed by atoms with Gasteiger partial charge in [-0.1, -0.05) is 0 Å². The average molecular weight is 1320 g/mol.